The summed E-state index contributed by atoms with van der Waals surface area (Å²) in [4.78, 5) is 12.8. The smallest absolute Gasteiger partial charge is 0.165 e. The fraction of sp³-hybridized carbons (Fsp3) is 0.706. The molecule has 25 heavy (non-hydrogen) atoms. The lowest BCUT2D eigenvalue weighted by Crippen LogP contribution is -2.47. The van der Waals surface area contributed by atoms with Crippen LogP contribution in [0.15, 0.2) is 12.7 Å². The van der Waals surface area contributed by atoms with E-state index < -0.39 is 5.79 Å². The summed E-state index contributed by atoms with van der Waals surface area (Å²) in [5, 5.41) is 9.48. The second-order valence-electron chi connectivity index (χ2n) is 8.19. The molecule has 2 aromatic rings. The molecule has 1 saturated heterocycles. The van der Waals surface area contributed by atoms with E-state index in [2.05, 4.69) is 19.5 Å². The molecule has 3 N–H and O–H groups in total. The summed E-state index contributed by atoms with van der Waals surface area (Å²) in [7, 11) is 0. The predicted molar refractivity (Wildman–Crippen MR) is 89.5 cm³/mol. The zero-order valence-electron chi connectivity index (χ0n) is 14.4. The first-order chi connectivity index (χ1) is 11.9. The minimum Gasteiger partial charge on any atom is -0.396 e. The third-order valence-electron chi connectivity index (χ3n) is 6.12. The van der Waals surface area contributed by atoms with Gasteiger partial charge < -0.3 is 24.9 Å². The molecule has 2 aromatic heterocycles. The first kappa shape index (κ1) is 15.5. The zero-order valence-corrected chi connectivity index (χ0v) is 14.4. The molecule has 134 valence electrons. The zero-order chi connectivity index (χ0) is 17.4. The highest BCUT2D eigenvalue weighted by atomic mass is 16.8. The third kappa shape index (κ3) is 2.07. The molecule has 3 aliphatic rings. The lowest BCUT2D eigenvalue weighted by Gasteiger charge is -2.48. The van der Waals surface area contributed by atoms with Gasteiger partial charge in [0.25, 0.3) is 0 Å². The van der Waals surface area contributed by atoms with E-state index in [1.165, 1.54) is 6.33 Å². The number of hydrogen-bond donors (Lipinski definition) is 2. The van der Waals surface area contributed by atoms with Crippen LogP contribution in [0, 0.1) is 11.3 Å². The number of aliphatic hydroxyl groups excluding tert-OH is 1. The SMILES string of the molecule is CC1(C)O[C@H]2[C@H](n3cnc4c(N)ncnc43)C[C@]3(C[C@@H](CO)C3)[C@H]2O1. The number of rotatable bonds is 2. The van der Waals surface area contributed by atoms with Crippen LogP contribution in [-0.2, 0) is 9.47 Å². The molecule has 3 heterocycles. The lowest BCUT2D eigenvalue weighted by molar-refractivity contribution is -0.183. The van der Waals surface area contributed by atoms with E-state index in [1.807, 2.05) is 13.8 Å². The predicted octanol–water partition coefficient (Wildman–Crippen LogP) is 1.26. The van der Waals surface area contributed by atoms with Crippen molar-refractivity contribution in [2.45, 2.75) is 57.1 Å². The molecule has 0 aromatic carbocycles. The van der Waals surface area contributed by atoms with Gasteiger partial charge in [-0.15, -0.1) is 0 Å². The van der Waals surface area contributed by atoms with Crippen LogP contribution in [0.4, 0.5) is 5.82 Å². The average Bonchev–Trinajstić information content (AvgIpc) is 3.16. The topological polar surface area (TPSA) is 108 Å². The van der Waals surface area contributed by atoms with Gasteiger partial charge in [0.05, 0.1) is 18.5 Å². The van der Waals surface area contributed by atoms with Gasteiger partial charge in [0.15, 0.2) is 17.3 Å². The molecule has 2 aliphatic carbocycles. The second kappa shape index (κ2) is 4.90. The summed E-state index contributed by atoms with van der Waals surface area (Å²) in [5.41, 5.74) is 7.36. The summed E-state index contributed by atoms with van der Waals surface area (Å²) in [6.07, 6.45) is 6.13. The van der Waals surface area contributed by atoms with Crippen LogP contribution in [-0.4, -0.2) is 49.2 Å². The molecule has 0 amide bonds. The van der Waals surface area contributed by atoms with Crippen LogP contribution in [0.5, 0.6) is 0 Å². The Labute approximate surface area is 145 Å². The van der Waals surface area contributed by atoms with Gasteiger partial charge in [0, 0.05) is 12.0 Å². The van der Waals surface area contributed by atoms with Crippen molar-refractivity contribution < 1.29 is 14.6 Å². The minimum atomic E-state index is -0.601. The fourth-order valence-corrected chi connectivity index (χ4v) is 5.18. The largest absolute Gasteiger partial charge is 0.396 e. The van der Waals surface area contributed by atoms with Crippen LogP contribution in [0.3, 0.4) is 0 Å². The van der Waals surface area contributed by atoms with Crippen molar-refractivity contribution in [3.63, 3.8) is 0 Å². The van der Waals surface area contributed by atoms with E-state index in [-0.39, 0.29) is 30.3 Å². The van der Waals surface area contributed by atoms with Crippen molar-refractivity contribution in [2.24, 2.45) is 11.3 Å². The Hall–Kier alpha value is -1.77. The number of nitrogens with zero attached hydrogens (tertiary/aromatic N) is 4. The van der Waals surface area contributed by atoms with E-state index in [0.717, 1.165) is 24.9 Å². The molecule has 8 heteroatoms. The van der Waals surface area contributed by atoms with Gasteiger partial charge in [0.1, 0.15) is 17.9 Å². The van der Waals surface area contributed by atoms with Crippen molar-refractivity contribution >= 4 is 17.0 Å². The Bertz CT molecular complexity index is 829. The number of nitrogens with two attached hydrogens (primary N) is 1. The van der Waals surface area contributed by atoms with Gasteiger partial charge in [-0.3, -0.25) is 0 Å². The van der Waals surface area contributed by atoms with Crippen molar-refractivity contribution in [1.82, 2.24) is 19.5 Å². The number of ether oxygens (including phenoxy) is 2. The molecule has 0 bridgehead atoms. The third-order valence-corrected chi connectivity index (χ3v) is 6.12. The Morgan fingerprint density at radius 3 is 2.80 bits per heavy atom. The Kier molecular flexibility index (Phi) is 3.03. The van der Waals surface area contributed by atoms with Crippen LogP contribution in [0.25, 0.3) is 11.2 Å². The summed E-state index contributed by atoms with van der Waals surface area (Å²) in [6.45, 7) is 4.17. The number of anilines is 1. The quantitative estimate of drug-likeness (QED) is 0.843. The molecule has 1 aliphatic heterocycles. The number of aliphatic hydroxyl groups is 1. The molecular weight excluding hydrogens is 322 g/mol. The van der Waals surface area contributed by atoms with Crippen LogP contribution >= 0.6 is 0 Å². The molecule has 8 nitrogen and oxygen atoms in total. The molecule has 1 spiro atoms. The lowest BCUT2D eigenvalue weighted by atomic mass is 9.60. The van der Waals surface area contributed by atoms with Crippen LogP contribution < -0.4 is 5.73 Å². The van der Waals surface area contributed by atoms with Crippen molar-refractivity contribution in [1.29, 1.82) is 0 Å². The van der Waals surface area contributed by atoms with E-state index in [1.54, 1.807) is 6.33 Å². The van der Waals surface area contributed by atoms with Crippen LogP contribution in [0.2, 0.25) is 0 Å². The van der Waals surface area contributed by atoms with Crippen LogP contribution in [0.1, 0.15) is 39.2 Å². The van der Waals surface area contributed by atoms with E-state index in [9.17, 15) is 5.11 Å². The maximum atomic E-state index is 9.48. The standard InChI is InChI=1S/C17H23N5O3/c1-16(2)24-12-10(5-17(13(12)25-16)3-9(4-17)6-23)22-8-21-11-14(18)19-7-20-15(11)22/h7-10,12-13,23H,3-6H2,1-2H3,(H2,18,19,20)/t9-,10-,12+,13+,17-/m1/s1. The highest BCUT2D eigenvalue weighted by Gasteiger charge is 2.65. The van der Waals surface area contributed by atoms with Crippen molar-refractivity contribution in [3.05, 3.63) is 12.7 Å². The van der Waals surface area contributed by atoms with Gasteiger partial charge in [0.2, 0.25) is 0 Å². The highest BCUT2D eigenvalue weighted by molar-refractivity contribution is 5.81. The van der Waals surface area contributed by atoms with Gasteiger partial charge in [-0.05, 0) is 39.0 Å². The summed E-state index contributed by atoms with van der Waals surface area (Å²) in [6, 6.07) is 0.0886. The Balaban J connectivity index is 1.56. The number of hydrogen-bond acceptors (Lipinski definition) is 7. The minimum absolute atomic E-state index is 0.0342. The maximum Gasteiger partial charge on any atom is 0.165 e. The van der Waals surface area contributed by atoms with E-state index in [0.29, 0.717) is 17.3 Å². The Morgan fingerprint density at radius 1 is 1.24 bits per heavy atom. The number of imidazole rings is 1. The first-order valence-corrected chi connectivity index (χ1v) is 8.82. The second-order valence-corrected chi connectivity index (χ2v) is 8.19. The highest BCUT2D eigenvalue weighted by Crippen LogP contribution is 2.63. The molecule has 5 rings (SSSR count). The maximum absolute atomic E-state index is 9.48. The summed E-state index contributed by atoms with van der Waals surface area (Å²) >= 11 is 0. The fourth-order valence-electron chi connectivity index (χ4n) is 5.18. The van der Waals surface area contributed by atoms with Gasteiger partial charge in [-0.25, -0.2) is 15.0 Å². The molecule has 2 saturated carbocycles. The molecule has 3 atom stereocenters. The van der Waals surface area contributed by atoms with Gasteiger partial charge in [-0.1, -0.05) is 0 Å². The number of fused-ring (bicyclic) bond motifs is 3. The van der Waals surface area contributed by atoms with Gasteiger partial charge >= 0.3 is 0 Å². The van der Waals surface area contributed by atoms with Crippen molar-refractivity contribution in [2.75, 3.05) is 12.3 Å². The van der Waals surface area contributed by atoms with E-state index >= 15 is 0 Å². The number of nitrogen functional groups attached to an aromatic ring is 1. The van der Waals surface area contributed by atoms with Crippen molar-refractivity contribution in [3.8, 4) is 0 Å². The average molecular weight is 345 g/mol. The van der Waals surface area contributed by atoms with E-state index in [4.69, 9.17) is 15.2 Å². The molecule has 0 radical (unpaired) electrons. The summed E-state index contributed by atoms with van der Waals surface area (Å²) in [5.74, 6) is 0.153. The molecular formula is C17H23N5O3. The molecule has 3 fully saturated rings. The first-order valence-electron chi connectivity index (χ1n) is 8.82. The summed E-state index contributed by atoms with van der Waals surface area (Å²) < 4.78 is 14.6. The molecule has 0 unspecified atom stereocenters. The normalized spacial score (nSPS) is 39.0. The Morgan fingerprint density at radius 2 is 2.04 bits per heavy atom. The monoisotopic (exact) mass is 345 g/mol. The number of aromatic nitrogens is 4. The van der Waals surface area contributed by atoms with Gasteiger partial charge in [-0.2, -0.15) is 0 Å².